The van der Waals surface area contributed by atoms with Gasteiger partial charge in [0.25, 0.3) is 5.91 Å². The molecule has 7 heteroatoms. The maximum absolute atomic E-state index is 14.2. The quantitative estimate of drug-likeness (QED) is 0.418. The summed E-state index contributed by atoms with van der Waals surface area (Å²) in [6.45, 7) is 6.74. The molecule has 1 N–H and O–H groups in total. The molecule has 0 fully saturated rings. The summed E-state index contributed by atoms with van der Waals surface area (Å²) in [4.78, 5) is 33.3. The molecule has 0 bridgehead atoms. The highest BCUT2D eigenvalue weighted by Gasteiger charge is 2.54. The molecule has 0 saturated heterocycles. The number of aryl methyl sites for hydroxylation is 1. The number of rotatable bonds is 9. The summed E-state index contributed by atoms with van der Waals surface area (Å²) in [5, 5.41) is 10.8. The molecule has 0 aliphatic carbocycles. The minimum atomic E-state index is -1.64. The molecular weight excluding hydrogens is 456 g/mol. The average Bonchev–Trinajstić information content (AvgIpc) is 3.07. The van der Waals surface area contributed by atoms with E-state index in [4.69, 9.17) is 9.47 Å². The molecule has 1 amide bonds. The summed E-state index contributed by atoms with van der Waals surface area (Å²) in [6, 6.07) is 13.9. The highest BCUT2D eigenvalue weighted by molar-refractivity contribution is 6.09. The normalized spacial score (nSPS) is 16.8. The van der Waals surface area contributed by atoms with Crippen molar-refractivity contribution in [2.75, 3.05) is 18.6 Å². The zero-order valence-electron chi connectivity index (χ0n) is 21.2. The van der Waals surface area contributed by atoms with Crippen molar-refractivity contribution in [3.63, 3.8) is 0 Å². The van der Waals surface area contributed by atoms with Gasteiger partial charge in [0, 0.05) is 37.0 Å². The van der Waals surface area contributed by atoms with E-state index in [0.717, 1.165) is 24.1 Å². The summed E-state index contributed by atoms with van der Waals surface area (Å²) in [5.74, 6) is -0.0155. The second-order valence-corrected chi connectivity index (χ2v) is 9.64. The summed E-state index contributed by atoms with van der Waals surface area (Å²) >= 11 is 0. The topological polar surface area (TPSA) is 89.0 Å². The number of nitrogens with zero attached hydrogens (tertiary/aromatic N) is 2. The van der Waals surface area contributed by atoms with Gasteiger partial charge >= 0.3 is 5.97 Å². The van der Waals surface area contributed by atoms with Gasteiger partial charge in [0.2, 0.25) is 5.60 Å². The Kier molecular flexibility index (Phi) is 7.29. The summed E-state index contributed by atoms with van der Waals surface area (Å²) < 4.78 is 11.4. The monoisotopic (exact) mass is 488 g/mol. The lowest BCUT2D eigenvalue weighted by atomic mass is 9.86. The van der Waals surface area contributed by atoms with Crippen LogP contribution in [-0.2, 0) is 21.6 Å². The number of aromatic hydroxyl groups is 1. The van der Waals surface area contributed by atoms with E-state index in [1.807, 2.05) is 25.1 Å². The van der Waals surface area contributed by atoms with Crippen molar-refractivity contribution >= 4 is 17.6 Å². The van der Waals surface area contributed by atoms with Gasteiger partial charge in [-0.15, -0.1) is 0 Å². The Morgan fingerprint density at radius 2 is 1.97 bits per heavy atom. The number of carbonyl (C=O) groups is 2. The van der Waals surface area contributed by atoms with Crippen molar-refractivity contribution in [3.05, 3.63) is 83.2 Å². The number of esters is 1. The number of carbonyl (C=O) groups excluding carboxylic acids is 2. The number of hydrogen-bond acceptors (Lipinski definition) is 6. The first-order chi connectivity index (χ1) is 17.2. The van der Waals surface area contributed by atoms with Crippen molar-refractivity contribution in [3.8, 4) is 11.5 Å². The zero-order valence-corrected chi connectivity index (χ0v) is 21.2. The van der Waals surface area contributed by atoms with Crippen LogP contribution in [0.5, 0.6) is 11.5 Å². The van der Waals surface area contributed by atoms with Crippen LogP contribution in [0.2, 0.25) is 0 Å². The van der Waals surface area contributed by atoms with E-state index < -0.39 is 11.6 Å². The maximum Gasteiger partial charge on any atom is 0.341 e. The molecule has 0 saturated carbocycles. The third-order valence-electron chi connectivity index (χ3n) is 6.53. The largest absolute Gasteiger partial charge is 0.508 e. The molecule has 0 spiro atoms. The predicted molar refractivity (Wildman–Crippen MR) is 137 cm³/mol. The maximum atomic E-state index is 14.2. The Balaban J connectivity index is 1.82. The van der Waals surface area contributed by atoms with Gasteiger partial charge in [-0.25, -0.2) is 4.79 Å². The lowest BCUT2D eigenvalue weighted by molar-refractivity contribution is -0.137. The Labute approximate surface area is 211 Å². The highest BCUT2D eigenvalue weighted by Crippen LogP contribution is 2.47. The number of amides is 1. The van der Waals surface area contributed by atoms with Crippen LogP contribution in [0, 0.1) is 12.8 Å². The van der Waals surface area contributed by atoms with Crippen molar-refractivity contribution in [2.45, 2.75) is 45.6 Å². The Bertz CT molecular complexity index is 1260. The molecule has 4 rings (SSSR count). The standard InChI is InChI=1S/C29H32N2O5/c1-19(2)7-6-14-31-25-12-9-20(3)15-24(25)29(28(31)34,36-27(33)22-8-5-13-30-18-22)17-21-10-11-23(35-4)16-26(21)32/h5,8-13,15-16,18-19,32H,6-7,14,17H2,1-4H3. The van der Waals surface area contributed by atoms with Crippen LogP contribution in [0.3, 0.4) is 0 Å². The second-order valence-electron chi connectivity index (χ2n) is 9.64. The van der Waals surface area contributed by atoms with E-state index >= 15 is 0 Å². The molecule has 2 aromatic carbocycles. The van der Waals surface area contributed by atoms with E-state index in [2.05, 4.69) is 18.8 Å². The third kappa shape index (κ3) is 4.91. The fraction of sp³-hybridized carbons (Fsp3) is 0.345. The number of fused-ring (bicyclic) bond motifs is 1. The second kappa shape index (κ2) is 10.4. The molecule has 36 heavy (non-hydrogen) atoms. The van der Waals surface area contributed by atoms with Gasteiger partial charge < -0.3 is 19.5 Å². The van der Waals surface area contributed by atoms with E-state index in [-0.39, 0.29) is 23.6 Å². The number of phenols is 1. The van der Waals surface area contributed by atoms with Crippen LogP contribution in [0.25, 0.3) is 0 Å². The Morgan fingerprint density at radius 3 is 2.64 bits per heavy atom. The number of ether oxygens (including phenoxy) is 2. The van der Waals surface area contributed by atoms with Crippen molar-refractivity contribution in [1.29, 1.82) is 0 Å². The SMILES string of the molecule is COc1ccc(CC2(OC(=O)c3cccnc3)C(=O)N(CCCC(C)C)c3ccc(C)cc32)c(O)c1. The van der Waals surface area contributed by atoms with Gasteiger partial charge in [0.1, 0.15) is 11.5 Å². The van der Waals surface area contributed by atoms with Crippen LogP contribution < -0.4 is 9.64 Å². The number of aromatic nitrogens is 1. The van der Waals surface area contributed by atoms with Crippen molar-refractivity contribution < 1.29 is 24.2 Å². The van der Waals surface area contributed by atoms with Gasteiger partial charge in [-0.1, -0.05) is 31.5 Å². The number of pyridine rings is 1. The van der Waals surface area contributed by atoms with E-state index in [9.17, 15) is 14.7 Å². The lowest BCUT2D eigenvalue weighted by Crippen LogP contribution is -2.45. The first-order valence-corrected chi connectivity index (χ1v) is 12.2. The number of methoxy groups -OCH3 is 1. The molecule has 1 aliphatic rings. The molecule has 1 aromatic heterocycles. The van der Waals surface area contributed by atoms with Gasteiger partial charge in [-0.3, -0.25) is 9.78 Å². The zero-order chi connectivity index (χ0) is 25.9. The number of benzene rings is 2. The Morgan fingerprint density at radius 1 is 1.17 bits per heavy atom. The van der Waals surface area contributed by atoms with Crippen LogP contribution >= 0.6 is 0 Å². The fourth-order valence-corrected chi connectivity index (χ4v) is 4.63. The van der Waals surface area contributed by atoms with Crippen LogP contribution in [0.15, 0.2) is 60.9 Å². The first-order valence-electron chi connectivity index (χ1n) is 12.2. The smallest absolute Gasteiger partial charge is 0.341 e. The van der Waals surface area contributed by atoms with Gasteiger partial charge in [-0.05, 0) is 61.6 Å². The molecule has 2 heterocycles. The molecule has 1 aliphatic heterocycles. The molecule has 1 unspecified atom stereocenters. The van der Waals surface area contributed by atoms with Crippen molar-refractivity contribution in [2.24, 2.45) is 5.92 Å². The average molecular weight is 489 g/mol. The molecule has 188 valence electrons. The Hall–Kier alpha value is -3.87. The van der Waals surface area contributed by atoms with Gasteiger partial charge in [-0.2, -0.15) is 0 Å². The van der Waals surface area contributed by atoms with E-state index in [1.165, 1.54) is 19.4 Å². The molecular formula is C29H32N2O5. The molecule has 0 radical (unpaired) electrons. The molecule has 1 atom stereocenters. The minimum absolute atomic E-state index is 0.0230. The third-order valence-corrected chi connectivity index (χ3v) is 6.53. The highest BCUT2D eigenvalue weighted by atomic mass is 16.6. The predicted octanol–water partition coefficient (Wildman–Crippen LogP) is 5.18. The van der Waals surface area contributed by atoms with Gasteiger partial charge in [0.15, 0.2) is 0 Å². The number of hydrogen-bond donors (Lipinski definition) is 1. The molecule has 7 nitrogen and oxygen atoms in total. The fourth-order valence-electron chi connectivity index (χ4n) is 4.63. The number of phenolic OH excluding ortho intramolecular Hbond substituents is 1. The van der Waals surface area contributed by atoms with Crippen LogP contribution in [0.1, 0.15) is 53.7 Å². The van der Waals surface area contributed by atoms with Crippen molar-refractivity contribution in [1.82, 2.24) is 4.98 Å². The van der Waals surface area contributed by atoms with Crippen LogP contribution in [0.4, 0.5) is 5.69 Å². The summed E-state index contributed by atoms with van der Waals surface area (Å²) in [5.41, 5.74) is 1.35. The van der Waals surface area contributed by atoms with Crippen LogP contribution in [-0.4, -0.2) is 35.6 Å². The lowest BCUT2D eigenvalue weighted by Gasteiger charge is -2.29. The first kappa shape index (κ1) is 25.2. The van der Waals surface area contributed by atoms with Gasteiger partial charge in [0.05, 0.1) is 18.4 Å². The van der Waals surface area contributed by atoms with E-state index in [1.54, 1.807) is 35.4 Å². The summed E-state index contributed by atoms with van der Waals surface area (Å²) in [6.07, 6.45) is 4.74. The summed E-state index contributed by atoms with van der Waals surface area (Å²) in [7, 11) is 1.51. The molecule has 3 aromatic rings. The minimum Gasteiger partial charge on any atom is -0.508 e. The number of anilines is 1. The van der Waals surface area contributed by atoms with E-state index in [0.29, 0.717) is 29.3 Å².